The van der Waals surface area contributed by atoms with Crippen LogP contribution in [0.5, 0.6) is 0 Å². The van der Waals surface area contributed by atoms with E-state index in [1.54, 1.807) is 7.11 Å². The molecule has 1 aliphatic rings. The van der Waals surface area contributed by atoms with Gasteiger partial charge in [0.05, 0.1) is 22.0 Å². The van der Waals surface area contributed by atoms with Gasteiger partial charge < -0.3 is 10.1 Å². The predicted octanol–water partition coefficient (Wildman–Crippen LogP) is 2.63. The standard InChI is InChI=1S/C13H22BrN3O/c1-4-17-11(13(14)9(2)16-17)8-15-10-6-5-7-12(10)18-3/h10,12,15H,4-8H2,1-3H3. The highest BCUT2D eigenvalue weighted by atomic mass is 79.9. The number of nitrogens with one attached hydrogen (secondary N) is 1. The topological polar surface area (TPSA) is 39.1 Å². The first-order valence-electron chi connectivity index (χ1n) is 6.65. The SMILES string of the molecule is CCn1nc(C)c(Br)c1CNC1CCCC1OC. The van der Waals surface area contributed by atoms with Crippen molar-refractivity contribution in [1.29, 1.82) is 0 Å². The van der Waals surface area contributed by atoms with Crippen LogP contribution in [0.3, 0.4) is 0 Å². The van der Waals surface area contributed by atoms with Crippen molar-refractivity contribution < 1.29 is 4.74 Å². The van der Waals surface area contributed by atoms with Crippen LogP contribution in [0, 0.1) is 6.92 Å². The third-order valence-electron chi connectivity index (χ3n) is 3.74. The molecule has 0 spiro atoms. The number of ether oxygens (including phenoxy) is 1. The molecule has 0 bridgehead atoms. The molecule has 2 rings (SSSR count). The monoisotopic (exact) mass is 315 g/mol. The smallest absolute Gasteiger partial charge is 0.0739 e. The normalized spacial score (nSPS) is 23.8. The second-order valence-corrected chi connectivity index (χ2v) is 5.65. The average Bonchev–Trinajstić information content (AvgIpc) is 2.93. The minimum Gasteiger partial charge on any atom is -0.380 e. The van der Waals surface area contributed by atoms with E-state index >= 15 is 0 Å². The van der Waals surface area contributed by atoms with Crippen LogP contribution < -0.4 is 5.32 Å². The molecule has 0 saturated heterocycles. The fraction of sp³-hybridized carbons (Fsp3) is 0.769. The molecular formula is C13H22BrN3O. The molecule has 1 heterocycles. The van der Waals surface area contributed by atoms with Crippen LogP contribution in [0.25, 0.3) is 0 Å². The largest absolute Gasteiger partial charge is 0.380 e. The van der Waals surface area contributed by atoms with Gasteiger partial charge in [0, 0.05) is 26.2 Å². The van der Waals surface area contributed by atoms with Gasteiger partial charge in [-0.15, -0.1) is 0 Å². The summed E-state index contributed by atoms with van der Waals surface area (Å²) in [6, 6.07) is 0.474. The highest BCUT2D eigenvalue weighted by Gasteiger charge is 2.27. The van der Waals surface area contributed by atoms with E-state index in [9.17, 15) is 0 Å². The fourth-order valence-corrected chi connectivity index (χ4v) is 3.13. The lowest BCUT2D eigenvalue weighted by Crippen LogP contribution is -2.36. The van der Waals surface area contributed by atoms with Crippen LogP contribution in [0.15, 0.2) is 4.47 Å². The number of methoxy groups -OCH3 is 1. The van der Waals surface area contributed by atoms with Crippen LogP contribution in [-0.2, 0) is 17.8 Å². The Labute approximate surface area is 117 Å². The molecular weight excluding hydrogens is 294 g/mol. The minimum absolute atomic E-state index is 0.364. The van der Waals surface area contributed by atoms with Crippen molar-refractivity contribution in [3.05, 3.63) is 15.9 Å². The molecule has 1 N–H and O–H groups in total. The Morgan fingerprint density at radius 1 is 1.50 bits per heavy atom. The highest BCUT2D eigenvalue weighted by Crippen LogP contribution is 2.24. The Hall–Kier alpha value is -0.390. The maximum absolute atomic E-state index is 5.51. The lowest BCUT2D eigenvalue weighted by atomic mass is 10.2. The lowest BCUT2D eigenvalue weighted by molar-refractivity contribution is 0.0845. The molecule has 0 radical (unpaired) electrons. The maximum atomic E-state index is 5.51. The van der Waals surface area contributed by atoms with Crippen molar-refractivity contribution in [2.24, 2.45) is 0 Å². The van der Waals surface area contributed by atoms with Gasteiger partial charge in [0.15, 0.2) is 0 Å². The van der Waals surface area contributed by atoms with Crippen LogP contribution in [-0.4, -0.2) is 29.0 Å². The van der Waals surface area contributed by atoms with Crippen LogP contribution in [0.1, 0.15) is 37.6 Å². The van der Waals surface area contributed by atoms with Crippen molar-refractivity contribution in [3.8, 4) is 0 Å². The predicted molar refractivity (Wildman–Crippen MR) is 75.6 cm³/mol. The van der Waals surface area contributed by atoms with Gasteiger partial charge in [0.2, 0.25) is 0 Å². The molecule has 2 unspecified atom stereocenters. The molecule has 1 aromatic heterocycles. The van der Waals surface area contributed by atoms with Crippen LogP contribution >= 0.6 is 15.9 Å². The summed E-state index contributed by atoms with van der Waals surface area (Å²) in [5, 5.41) is 8.12. The van der Waals surface area contributed by atoms with E-state index in [4.69, 9.17) is 4.74 Å². The zero-order valence-corrected chi connectivity index (χ0v) is 13.0. The third-order valence-corrected chi connectivity index (χ3v) is 4.77. The molecule has 1 aromatic rings. The number of hydrogen-bond donors (Lipinski definition) is 1. The highest BCUT2D eigenvalue weighted by molar-refractivity contribution is 9.10. The Balaban J connectivity index is 2.01. The Morgan fingerprint density at radius 2 is 2.28 bits per heavy atom. The van der Waals surface area contributed by atoms with E-state index in [1.165, 1.54) is 25.0 Å². The van der Waals surface area contributed by atoms with Gasteiger partial charge in [-0.3, -0.25) is 4.68 Å². The first-order valence-corrected chi connectivity index (χ1v) is 7.44. The second kappa shape index (κ2) is 6.17. The quantitative estimate of drug-likeness (QED) is 0.908. The molecule has 1 saturated carbocycles. The maximum Gasteiger partial charge on any atom is 0.0739 e. The number of aromatic nitrogens is 2. The number of halogens is 1. The van der Waals surface area contributed by atoms with Crippen molar-refractivity contribution in [2.75, 3.05) is 7.11 Å². The first kappa shape index (κ1) is 14.0. The first-order chi connectivity index (χ1) is 8.67. The zero-order chi connectivity index (χ0) is 13.1. The van der Waals surface area contributed by atoms with Gasteiger partial charge in [-0.25, -0.2) is 0 Å². The van der Waals surface area contributed by atoms with Crippen molar-refractivity contribution >= 4 is 15.9 Å². The summed E-state index contributed by atoms with van der Waals surface area (Å²) in [5.74, 6) is 0. The number of aryl methyl sites for hydroxylation is 2. The second-order valence-electron chi connectivity index (χ2n) is 4.85. The minimum atomic E-state index is 0.364. The molecule has 18 heavy (non-hydrogen) atoms. The fourth-order valence-electron chi connectivity index (χ4n) is 2.71. The van der Waals surface area contributed by atoms with Gasteiger partial charge in [-0.1, -0.05) is 0 Å². The van der Waals surface area contributed by atoms with Crippen LogP contribution in [0.4, 0.5) is 0 Å². The summed E-state index contributed by atoms with van der Waals surface area (Å²) < 4.78 is 8.69. The lowest BCUT2D eigenvalue weighted by Gasteiger charge is -2.20. The molecule has 0 aromatic carbocycles. The Kier molecular flexibility index (Phi) is 4.81. The van der Waals surface area contributed by atoms with Crippen molar-refractivity contribution in [3.63, 3.8) is 0 Å². The van der Waals surface area contributed by atoms with E-state index in [0.29, 0.717) is 12.1 Å². The van der Waals surface area contributed by atoms with Gasteiger partial charge in [-0.2, -0.15) is 5.10 Å². The summed E-state index contributed by atoms with van der Waals surface area (Å²) in [4.78, 5) is 0. The molecule has 4 nitrogen and oxygen atoms in total. The summed E-state index contributed by atoms with van der Waals surface area (Å²) >= 11 is 3.63. The molecule has 5 heteroatoms. The van der Waals surface area contributed by atoms with E-state index < -0.39 is 0 Å². The van der Waals surface area contributed by atoms with Crippen molar-refractivity contribution in [2.45, 2.75) is 58.3 Å². The zero-order valence-electron chi connectivity index (χ0n) is 11.4. The number of rotatable bonds is 5. The van der Waals surface area contributed by atoms with E-state index in [2.05, 4.69) is 38.0 Å². The van der Waals surface area contributed by atoms with E-state index in [0.717, 1.165) is 23.3 Å². The van der Waals surface area contributed by atoms with E-state index in [-0.39, 0.29) is 0 Å². The average molecular weight is 316 g/mol. The summed E-state index contributed by atoms with van der Waals surface area (Å²) in [6.07, 6.45) is 3.99. The Morgan fingerprint density at radius 3 is 2.94 bits per heavy atom. The molecule has 0 aliphatic heterocycles. The summed E-state index contributed by atoms with van der Waals surface area (Å²) in [5.41, 5.74) is 2.29. The van der Waals surface area contributed by atoms with E-state index in [1.807, 2.05) is 6.92 Å². The summed E-state index contributed by atoms with van der Waals surface area (Å²) in [6.45, 7) is 5.91. The molecule has 102 valence electrons. The van der Waals surface area contributed by atoms with Crippen molar-refractivity contribution in [1.82, 2.24) is 15.1 Å². The molecule has 0 amide bonds. The molecule has 2 atom stereocenters. The number of hydrogen-bond acceptors (Lipinski definition) is 3. The summed E-state index contributed by atoms with van der Waals surface area (Å²) in [7, 11) is 1.81. The van der Waals surface area contributed by atoms with Gasteiger partial charge in [-0.05, 0) is 49.0 Å². The Bertz CT molecular complexity index is 405. The van der Waals surface area contributed by atoms with Gasteiger partial charge in [0.25, 0.3) is 0 Å². The third kappa shape index (κ3) is 2.78. The van der Waals surface area contributed by atoms with Crippen LogP contribution in [0.2, 0.25) is 0 Å². The molecule has 1 fully saturated rings. The van der Waals surface area contributed by atoms with Gasteiger partial charge in [0.1, 0.15) is 0 Å². The van der Waals surface area contributed by atoms with Gasteiger partial charge >= 0.3 is 0 Å². The molecule has 1 aliphatic carbocycles. The number of nitrogens with zero attached hydrogens (tertiary/aromatic N) is 2.